The van der Waals surface area contributed by atoms with Crippen LogP contribution in [0.3, 0.4) is 0 Å². The number of para-hydroxylation sites is 1. The Labute approximate surface area is 149 Å². The van der Waals surface area contributed by atoms with Crippen molar-refractivity contribution < 1.29 is 13.5 Å². The summed E-state index contributed by atoms with van der Waals surface area (Å²) in [7, 11) is 1.91. The minimum Gasteiger partial charge on any atom is -0.435 e. The van der Waals surface area contributed by atoms with E-state index in [2.05, 4.69) is 14.7 Å². The lowest BCUT2D eigenvalue weighted by atomic mass is 10.1. The van der Waals surface area contributed by atoms with E-state index in [-0.39, 0.29) is 17.4 Å². The summed E-state index contributed by atoms with van der Waals surface area (Å²) in [6, 6.07) is 13.5. The Morgan fingerprint density at radius 2 is 1.85 bits per heavy atom. The number of alkyl halides is 2. The maximum atomic E-state index is 12.2. The van der Waals surface area contributed by atoms with Crippen LogP contribution in [0.15, 0.2) is 53.3 Å². The average molecular weight is 359 g/mol. The number of aromatic nitrogens is 2. The summed E-state index contributed by atoms with van der Waals surface area (Å²) in [5.74, 6) is 0.703. The molecule has 0 saturated heterocycles. The third-order valence-corrected chi connectivity index (χ3v) is 4.27. The number of benzene rings is 2. The summed E-state index contributed by atoms with van der Waals surface area (Å²) < 4.78 is 28.8. The number of ether oxygens (including phenoxy) is 1. The zero-order valence-corrected chi connectivity index (χ0v) is 14.4. The van der Waals surface area contributed by atoms with Gasteiger partial charge in [-0.25, -0.2) is 4.98 Å². The molecule has 0 saturated carbocycles. The van der Waals surface area contributed by atoms with Gasteiger partial charge in [0.2, 0.25) is 0 Å². The summed E-state index contributed by atoms with van der Waals surface area (Å²) >= 11 is 0. The summed E-state index contributed by atoms with van der Waals surface area (Å²) in [5, 5.41) is 0.556. The van der Waals surface area contributed by atoms with Gasteiger partial charge in [0, 0.05) is 6.54 Å². The molecule has 136 valence electrons. The molecule has 3 aromatic rings. The monoisotopic (exact) mass is 359 g/mol. The average Bonchev–Trinajstić information content (AvgIpc) is 2.62. The lowest BCUT2D eigenvalue weighted by Crippen LogP contribution is -2.26. The molecule has 1 aromatic heterocycles. The van der Waals surface area contributed by atoms with Gasteiger partial charge < -0.3 is 9.72 Å². The third kappa shape index (κ3) is 4.05. The van der Waals surface area contributed by atoms with E-state index in [4.69, 9.17) is 0 Å². The number of nitrogens with one attached hydrogen (secondary N) is 1. The molecule has 0 unspecified atom stereocenters. The highest BCUT2D eigenvalue weighted by Crippen LogP contribution is 2.20. The van der Waals surface area contributed by atoms with Crippen molar-refractivity contribution in [3.63, 3.8) is 0 Å². The van der Waals surface area contributed by atoms with Crippen LogP contribution in [0.1, 0.15) is 24.4 Å². The molecule has 0 aliphatic heterocycles. The maximum absolute atomic E-state index is 12.2. The molecular weight excluding hydrogens is 340 g/mol. The number of hydrogen-bond acceptors (Lipinski definition) is 4. The minimum absolute atomic E-state index is 0.125. The zero-order chi connectivity index (χ0) is 18.7. The van der Waals surface area contributed by atoms with Gasteiger partial charge in [0.1, 0.15) is 11.6 Å². The van der Waals surface area contributed by atoms with Crippen LogP contribution in [0, 0.1) is 0 Å². The second-order valence-electron chi connectivity index (χ2n) is 6.08. The molecule has 0 spiro atoms. The van der Waals surface area contributed by atoms with Crippen molar-refractivity contribution in [3.05, 3.63) is 70.3 Å². The Hall–Kier alpha value is -2.80. The zero-order valence-electron chi connectivity index (χ0n) is 14.4. The Bertz CT molecular complexity index is 941. The SMILES string of the molecule is C[C@H](c1nc2ccccc2c(=O)[nH]1)N(C)Cc1ccc(OC(F)F)cc1. The van der Waals surface area contributed by atoms with Gasteiger partial charge in [-0.2, -0.15) is 8.78 Å². The normalized spacial score (nSPS) is 12.7. The quantitative estimate of drug-likeness (QED) is 0.729. The van der Waals surface area contributed by atoms with E-state index in [0.717, 1.165) is 5.56 Å². The molecule has 2 aromatic carbocycles. The first-order valence-electron chi connectivity index (χ1n) is 8.17. The van der Waals surface area contributed by atoms with E-state index in [1.165, 1.54) is 12.1 Å². The number of hydrogen-bond donors (Lipinski definition) is 1. The van der Waals surface area contributed by atoms with Gasteiger partial charge in [-0.1, -0.05) is 24.3 Å². The largest absolute Gasteiger partial charge is 0.435 e. The van der Waals surface area contributed by atoms with Crippen molar-refractivity contribution in [3.8, 4) is 5.75 Å². The number of nitrogens with zero attached hydrogens (tertiary/aromatic N) is 2. The molecule has 26 heavy (non-hydrogen) atoms. The fourth-order valence-electron chi connectivity index (χ4n) is 2.71. The molecule has 0 aliphatic carbocycles. The molecule has 3 rings (SSSR count). The lowest BCUT2D eigenvalue weighted by molar-refractivity contribution is -0.0498. The minimum atomic E-state index is -2.83. The Morgan fingerprint density at radius 3 is 2.54 bits per heavy atom. The van der Waals surface area contributed by atoms with Crippen molar-refractivity contribution in [2.24, 2.45) is 0 Å². The number of fused-ring (bicyclic) bond motifs is 1. The van der Waals surface area contributed by atoms with Gasteiger partial charge in [-0.15, -0.1) is 0 Å². The highest BCUT2D eigenvalue weighted by atomic mass is 19.3. The molecule has 1 heterocycles. The van der Waals surface area contributed by atoms with E-state index >= 15 is 0 Å². The molecule has 0 fully saturated rings. The molecule has 0 radical (unpaired) electrons. The van der Waals surface area contributed by atoms with Crippen molar-refractivity contribution in [1.82, 2.24) is 14.9 Å². The number of aromatic amines is 1. The maximum Gasteiger partial charge on any atom is 0.387 e. The lowest BCUT2D eigenvalue weighted by Gasteiger charge is -2.24. The van der Waals surface area contributed by atoms with Crippen LogP contribution < -0.4 is 10.3 Å². The first kappa shape index (κ1) is 18.0. The van der Waals surface area contributed by atoms with E-state index < -0.39 is 6.61 Å². The molecule has 0 amide bonds. The fourth-order valence-corrected chi connectivity index (χ4v) is 2.71. The van der Waals surface area contributed by atoms with Crippen LogP contribution in [0.5, 0.6) is 5.75 Å². The van der Waals surface area contributed by atoms with Crippen LogP contribution in [0.2, 0.25) is 0 Å². The van der Waals surface area contributed by atoms with Crippen LogP contribution in [-0.4, -0.2) is 28.5 Å². The molecular formula is C19H19F2N3O2. The van der Waals surface area contributed by atoms with Crippen LogP contribution in [0.4, 0.5) is 8.78 Å². The molecule has 7 heteroatoms. The highest BCUT2D eigenvalue weighted by molar-refractivity contribution is 5.77. The van der Waals surface area contributed by atoms with Gasteiger partial charge >= 0.3 is 6.61 Å². The van der Waals surface area contributed by atoms with Crippen LogP contribution in [-0.2, 0) is 6.54 Å². The summed E-state index contributed by atoms with van der Waals surface area (Å²) in [4.78, 5) is 21.6. The van der Waals surface area contributed by atoms with E-state index in [9.17, 15) is 13.6 Å². The van der Waals surface area contributed by atoms with Crippen molar-refractivity contribution in [2.45, 2.75) is 26.1 Å². The van der Waals surface area contributed by atoms with E-state index in [0.29, 0.717) is 23.3 Å². The summed E-state index contributed by atoms with van der Waals surface area (Å²) in [5.41, 5.74) is 1.42. The highest BCUT2D eigenvalue weighted by Gasteiger charge is 2.16. The first-order valence-corrected chi connectivity index (χ1v) is 8.17. The van der Waals surface area contributed by atoms with Gasteiger partial charge in [-0.3, -0.25) is 9.69 Å². The second kappa shape index (κ2) is 7.61. The third-order valence-electron chi connectivity index (χ3n) is 4.27. The second-order valence-corrected chi connectivity index (χ2v) is 6.08. The molecule has 0 aliphatic rings. The summed E-state index contributed by atoms with van der Waals surface area (Å²) in [6.07, 6.45) is 0. The van der Waals surface area contributed by atoms with Gasteiger partial charge in [0.15, 0.2) is 0 Å². The molecule has 1 atom stereocenters. The first-order chi connectivity index (χ1) is 12.4. The van der Waals surface area contributed by atoms with Gasteiger partial charge in [0.25, 0.3) is 5.56 Å². The van der Waals surface area contributed by atoms with Crippen LogP contribution >= 0.6 is 0 Å². The van der Waals surface area contributed by atoms with Crippen molar-refractivity contribution in [1.29, 1.82) is 0 Å². The van der Waals surface area contributed by atoms with Gasteiger partial charge in [0.05, 0.1) is 16.9 Å². The molecule has 0 bridgehead atoms. The standard InChI is InChI=1S/C19H19F2N3O2/c1-12(17-22-16-6-4-3-5-15(16)18(25)23-17)24(2)11-13-7-9-14(10-8-13)26-19(20)21/h3-10,12,19H,11H2,1-2H3,(H,22,23,25)/t12-/m1/s1. The Kier molecular flexibility index (Phi) is 5.27. The van der Waals surface area contributed by atoms with Crippen molar-refractivity contribution >= 4 is 10.9 Å². The van der Waals surface area contributed by atoms with Gasteiger partial charge in [-0.05, 0) is 43.8 Å². The number of halogens is 2. The summed E-state index contributed by atoms with van der Waals surface area (Å²) in [6.45, 7) is -0.326. The number of H-pyrrole nitrogens is 1. The van der Waals surface area contributed by atoms with E-state index in [1.807, 2.05) is 31.0 Å². The van der Waals surface area contributed by atoms with Crippen LogP contribution in [0.25, 0.3) is 10.9 Å². The number of rotatable bonds is 6. The smallest absolute Gasteiger partial charge is 0.387 e. The fraction of sp³-hybridized carbons (Fsp3) is 0.263. The predicted octanol–water partition coefficient (Wildman–Crippen LogP) is 3.72. The Balaban J connectivity index is 1.75. The predicted molar refractivity (Wildman–Crippen MR) is 95.3 cm³/mol. The molecule has 1 N–H and O–H groups in total. The molecule has 5 nitrogen and oxygen atoms in total. The van der Waals surface area contributed by atoms with Crippen molar-refractivity contribution in [2.75, 3.05) is 7.05 Å². The van der Waals surface area contributed by atoms with E-state index in [1.54, 1.807) is 24.3 Å². The Morgan fingerprint density at radius 1 is 1.15 bits per heavy atom. The topological polar surface area (TPSA) is 58.2 Å².